The second-order valence-corrected chi connectivity index (χ2v) is 7.88. The van der Waals surface area contributed by atoms with Gasteiger partial charge in [-0.2, -0.15) is 0 Å². The van der Waals surface area contributed by atoms with Gasteiger partial charge in [0.2, 0.25) is 0 Å². The molecule has 28 heavy (non-hydrogen) atoms. The second-order valence-electron chi connectivity index (χ2n) is 6.31. The topological polar surface area (TPSA) is 79.5 Å². The number of halogens is 1. The first-order valence-corrected chi connectivity index (χ1v) is 10.4. The number of hydrogen-bond acceptors (Lipinski definition) is 4. The van der Waals surface area contributed by atoms with Crippen molar-refractivity contribution in [3.63, 3.8) is 0 Å². The Balaban J connectivity index is 1.50. The molecule has 3 N–H and O–H groups in total. The number of amides is 2. The van der Waals surface area contributed by atoms with Gasteiger partial charge >= 0.3 is 0 Å². The molecule has 1 fully saturated rings. The van der Waals surface area contributed by atoms with Crippen molar-refractivity contribution in [2.45, 2.75) is 18.9 Å². The molecular weight excluding hydrogens is 489 g/mol. The third-order valence-electron chi connectivity index (χ3n) is 4.26. The van der Waals surface area contributed by atoms with Gasteiger partial charge in [0.05, 0.1) is 11.7 Å². The van der Waals surface area contributed by atoms with Crippen LogP contribution in [0.2, 0.25) is 0 Å². The summed E-state index contributed by atoms with van der Waals surface area (Å²) < 4.78 is 6.35. The van der Waals surface area contributed by atoms with Gasteiger partial charge < -0.3 is 15.4 Å². The Labute approximate surface area is 182 Å². The molecule has 1 atom stereocenters. The molecule has 146 valence electrons. The van der Waals surface area contributed by atoms with Gasteiger partial charge in [-0.05, 0) is 84.0 Å². The maximum Gasteiger partial charge on any atom is 0.258 e. The monoisotopic (exact) mass is 509 g/mol. The minimum atomic E-state index is -0.271. The first-order chi connectivity index (χ1) is 13.5. The molecule has 6 nitrogen and oxygen atoms in total. The molecule has 1 heterocycles. The summed E-state index contributed by atoms with van der Waals surface area (Å²) in [6.45, 7) is 1.29. The van der Waals surface area contributed by atoms with E-state index in [1.165, 1.54) is 0 Å². The predicted molar refractivity (Wildman–Crippen MR) is 121 cm³/mol. The highest BCUT2D eigenvalue weighted by Crippen LogP contribution is 2.13. The highest BCUT2D eigenvalue weighted by molar-refractivity contribution is 14.1. The van der Waals surface area contributed by atoms with E-state index >= 15 is 0 Å². The zero-order valence-electron chi connectivity index (χ0n) is 15.0. The third-order valence-corrected chi connectivity index (χ3v) is 5.41. The van der Waals surface area contributed by atoms with Gasteiger partial charge in [0, 0.05) is 28.0 Å². The standard InChI is InChI=1S/C20H20IN3O3S/c21-17-6-2-1-5-16(17)19(26)24-20(28)23-14-9-7-13(8-10-14)18(25)22-12-15-4-3-11-27-15/h1-2,5-10,15H,3-4,11-12H2,(H,22,25)(H2,23,24,26,28). The Morgan fingerprint density at radius 1 is 1.11 bits per heavy atom. The molecule has 2 aromatic carbocycles. The Morgan fingerprint density at radius 2 is 1.86 bits per heavy atom. The van der Waals surface area contributed by atoms with Crippen molar-refractivity contribution in [2.75, 3.05) is 18.5 Å². The van der Waals surface area contributed by atoms with E-state index in [2.05, 4.69) is 38.5 Å². The molecule has 1 saturated heterocycles. The number of carbonyl (C=O) groups is 2. The van der Waals surface area contributed by atoms with Gasteiger partial charge in [-0.15, -0.1) is 0 Å². The summed E-state index contributed by atoms with van der Waals surface area (Å²) in [6, 6.07) is 14.2. The molecule has 8 heteroatoms. The molecule has 2 aromatic rings. The van der Waals surface area contributed by atoms with Crippen LogP contribution in [0.25, 0.3) is 0 Å². The average Bonchev–Trinajstić information content (AvgIpc) is 3.20. The molecule has 0 bridgehead atoms. The zero-order valence-corrected chi connectivity index (χ0v) is 18.0. The maximum absolute atomic E-state index is 12.3. The summed E-state index contributed by atoms with van der Waals surface area (Å²) in [6.07, 6.45) is 2.13. The highest BCUT2D eigenvalue weighted by atomic mass is 127. The lowest BCUT2D eigenvalue weighted by atomic mass is 10.2. The molecule has 1 unspecified atom stereocenters. The average molecular weight is 509 g/mol. The van der Waals surface area contributed by atoms with Crippen molar-refractivity contribution >= 4 is 57.4 Å². The zero-order chi connectivity index (χ0) is 19.9. The number of hydrogen-bond donors (Lipinski definition) is 3. The molecule has 1 aliphatic heterocycles. The fourth-order valence-electron chi connectivity index (χ4n) is 2.80. The Bertz CT molecular complexity index is 867. The fraction of sp³-hybridized carbons (Fsp3) is 0.250. The van der Waals surface area contributed by atoms with Gasteiger partial charge in [-0.3, -0.25) is 14.9 Å². The SMILES string of the molecule is O=C(NCC1CCCO1)c1ccc(NC(=S)NC(=O)c2ccccc2I)cc1. The summed E-state index contributed by atoms with van der Waals surface area (Å²) in [4.78, 5) is 24.5. The van der Waals surface area contributed by atoms with E-state index in [9.17, 15) is 9.59 Å². The third kappa shape index (κ3) is 5.73. The Morgan fingerprint density at radius 3 is 2.54 bits per heavy atom. The molecule has 3 rings (SSSR count). The van der Waals surface area contributed by atoms with E-state index < -0.39 is 0 Å². The van der Waals surface area contributed by atoms with E-state index in [1.807, 2.05) is 12.1 Å². The quantitative estimate of drug-likeness (QED) is 0.426. The lowest BCUT2D eigenvalue weighted by Gasteiger charge is -2.12. The van der Waals surface area contributed by atoms with Crippen LogP contribution < -0.4 is 16.0 Å². The number of benzene rings is 2. The van der Waals surface area contributed by atoms with E-state index in [-0.39, 0.29) is 23.0 Å². The Kier molecular flexibility index (Phi) is 7.35. The smallest absolute Gasteiger partial charge is 0.258 e. The van der Waals surface area contributed by atoms with Gasteiger partial charge in [0.1, 0.15) is 0 Å². The number of nitrogens with one attached hydrogen (secondary N) is 3. The fourth-order valence-corrected chi connectivity index (χ4v) is 3.64. The van der Waals surface area contributed by atoms with Crippen LogP contribution in [0.1, 0.15) is 33.6 Å². The molecular formula is C20H20IN3O3S. The number of ether oxygens (including phenoxy) is 1. The summed E-state index contributed by atoms with van der Waals surface area (Å²) in [7, 11) is 0. The van der Waals surface area contributed by atoms with E-state index in [4.69, 9.17) is 17.0 Å². The van der Waals surface area contributed by atoms with Crippen LogP contribution in [0.15, 0.2) is 48.5 Å². The van der Waals surface area contributed by atoms with Crippen LogP contribution in [0, 0.1) is 3.57 Å². The largest absolute Gasteiger partial charge is 0.376 e. The molecule has 0 spiro atoms. The van der Waals surface area contributed by atoms with Crippen molar-refractivity contribution in [1.29, 1.82) is 0 Å². The van der Waals surface area contributed by atoms with Crippen molar-refractivity contribution in [2.24, 2.45) is 0 Å². The molecule has 0 aromatic heterocycles. The van der Waals surface area contributed by atoms with Crippen LogP contribution >= 0.6 is 34.8 Å². The van der Waals surface area contributed by atoms with Gasteiger partial charge in [-0.1, -0.05) is 12.1 Å². The normalized spacial score (nSPS) is 15.7. The molecule has 1 aliphatic rings. The number of thiocarbonyl (C=S) groups is 1. The number of anilines is 1. The highest BCUT2D eigenvalue weighted by Gasteiger charge is 2.16. The van der Waals surface area contributed by atoms with E-state index in [0.717, 1.165) is 23.0 Å². The van der Waals surface area contributed by atoms with Crippen molar-refractivity contribution in [1.82, 2.24) is 10.6 Å². The van der Waals surface area contributed by atoms with Gasteiger partial charge in [-0.25, -0.2) is 0 Å². The molecule has 0 aliphatic carbocycles. The van der Waals surface area contributed by atoms with Crippen LogP contribution in [0.4, 0.5) is 5.69 Å². The number of carbonyl (C=O) groups excluding carboxylic acids is 2. The van der Waals surface area contributed by atoms with Gasteiger partial charge in [0.15, 0.2) is 5.11 Å². The van der Waals surface area contributed by atoms with Crippen molar-refractivity contribution in [3.05, 3.63) is 63.2 Å². The molecule has 0 saturated carbocycles. The summed E-state index contributed by atoms with van der Waals surface area (Å²) in [5.74, 6) is -0.413. The first-order valence-electron chi connectivity index (χ1n) is 8.89. The first kappa shape index (κ1) is 20.7. The minimum Gasteiger partial charge on any atom is -0.376 e. The van der Waals surface area contributed by atoms with Crippen LogP contribution in [-0.2, 0) is 4.74 Å². The van der Waals surface area contributed by atoms with E-state index in [0.29, 0.717) is 23.4 Å². The summed E-state index contributed by atoms with van der Waals surface area (Å²) in [5, 5.41) is 8.69. The van der Waals surface area contributed by atoms with E-state index in [1.54, 1.807) is 36.4 Å². The van der Waals surface area contributed by atoms with Crippen molar-refractivity contribution in [3.8, 4) is 0 Å². The van der Waals surface area contributed by atoms with Crippen LogP contribution in [0.3, 0.4) is 0 Å². The number of rotatable bonds is 5. The second kappa shape index (κ2) is 9.94. The Hall–Kier alpha value is -2.04. The van der Waals surface area contributed by atoms with Gasteiger partial charge in [0.25, 0.3) is 11.8 Å². The lowest BCUT2D eigenvalue weighted by Crippen LogP contribution is -2.34. The van der Waals surface area contributed by atoms with Crippen LogP contribution in [-0.4, -0.2) is 36.2 Å². The lowest BCUT2D eigenvalue weighted by molar-refractivity contribution is 0.0857. The predicted octanol–water partition coefficient (Wildman–Crippen LogP) is 3.33. The van der Waals surface area contributed by atoms with Crippen molar-refractivity contribution < 1.29 is 14.3 Å². The van der Waals surface area contributed by atoms with Crippen LogP contribution in [0.5, 0.6) is 0 Å². The minimum absolute atomic E-state index is 0.110. The molecule has 2 amide bonds. The maximum atomic E-state index is 12.3. The summed E-state index contributed by atoms with van der Waals surface area (Å²) >= 11 is 7.31. The summed E-state index contributed by atoms with van der Waals surface area (Å²) in [5.41, 5.74) is 1.80. The molecule has 0 radical (unpaired) electrons.